The Kier molecular flexibility index (Phi) is 7.13. The topological polar surface area (TPSA) is 87.8 Å². The van der Waals surface area contributed by atoms with Gasteiger partial charge in [-0.05, 0) is 82.3 Å². The number of H-pyrrole nitrogens is 1. The van der Waals surface area contributed by atoms with Crippen LogP contribution in [0.1, 0.15) is 68.3 Å². The highest BCUT2D eigenvalue weighted by molar-refractivity contribution is 5.94. The van der Waals surface area contributed by atoms with Crippen LogP contribution < -0.4 is 0 Å². The third-order valence-corrected chi connectivity index (χ3v) is 7.28. The van der Waals surface area contributed by atoms with Gasteiger partial charge in [-0.25, -0.2) is 14.2 Å². The van der Waals surface area contributed by atoms with Gasteiger partial charge in [0.25, 0.3) is 5.91 Å². The van der Waals surface area contributed by atoms with Crippen molar-refractivity contribution >= 4 is 23.0 Å². The molecule has 1 aliphatic heterocycles. The van der Waals surface area contributed by atoms with Crippen molar-refractivity contribution in [3.8, 4) is 0 Å². The zero-order valence-corrected chi connectivity index (χ0v) is 22.4. The summed E-state index contributed by atoms with van der Waals surface area (Å²) >= 11 is 0. The number of halogens is 1. The summed E-state index contributed by atoms with van der Waals surface area (Å²) in [5.41, 5.74) is 2.70. The summed E-state index contributed by atoms with van der Waals surface area (Å²) in [5.74, 6) is -0.202. The maximum absolute atomic E-state index is 13.9. The van der Waals surface area contributed by atoms with Gasteiger partial charge in [0.05, 0.1) is 42.4 Å². The number of aromatic nitrogens is 2. The Bertz CT molecular complexity index is 1300. The predicted octanol–water partition coefficient (Wildman–Crippen LogP) is 5.25. The minimum absolute atomic E-state index is 0.205. The molecular weight excluding hydrogens is 487 g/mol. The van der Waals surface area contributed by atoms with Gasteiger partial charge in [0.15, 0.2) is 5.82 Å². The highest BCUT2D eigenvalue weighted by Crippen LogP contribution is 2.39. The summed E-state index contributed by atoms with van der Waals surface area (Å²) in [6.07, 6.45) is 1.46. The quantitative estimate of drug-likeness (QED) is 0.495. The summed E-state index contributed by atoms with van der Waals surface area (Å²) in [6, 6.07) is 11.5. The third kappa shape index (κ3) is 5.25. The fourth-order valence-corrected chi connectivity index (χ4v) is 5.66. The Labute approximate surface area is 222 Å². The number of carbonyl (C=O) groups is 2. The molecule has 8 nitrogen and oxygen atoms in total. The van der Waals surface area contributed by atoms with E-state index in [2.05, 4.69) is 9.97 Å². The molecule has 1 fully saturated rings. The molecule has 38 heavy (non-hydrogen) atoms. The SMILES string of the molecule is CCN(C(=O)c1nc2ccccc2[nH]1)C1COCC(N(C(=O)OC(C)(C)C)[C@@H]2CCc3cc(F)ccc32)C1. The number of carbonyl (C=O) groups excluding carboxylic acids is 2. The van der Waals surface area contributed by atoms with Gasteiger partial charge in [0.1, 0.15) is 11.4 Å². The molecule has 2 aliphatic rings. The van der Waals surface area contributed by atoms with E-state index in [1.165, 1.54) is 6.07 Å². The van der Waals surface area contributed by atoms with Crippen LogP contribution in [0.25, 0.3) is 11.0 Å². The van der Waals surface area contributed by atoms with Crippen molar-refractivity contribution in [3.05, 3.63) is 65.2 Å². The van der Waals surface area contributed by atoms with Crippen molar-refractivity contribution in [1.82, 2.24) is 19.8 Å². The second-order valence-electron chi connectivity index (χ2n) is 11.1. The number of nitrogens with one attached hydrogen (secondary N) is 1. The first-order valence-electron chi connectivity index (χ1n) is 13.3. The van der Waals surface area contributed by atoms with Crippen LogP contribution >= 0.6 is 0 Å². The maximum Gasteiger partial charge on any atom is 0.411 e. The number of benzene rings is 2. The fourth-order valence-electron chi connectivity index (χ4n) is 5.66. The average Bonchev–Trinajstić information content (AvgIpc) is 3.48. The van der Waals surface area contributed by atoms with Crippen LogP contribution in [-0.2, 0) is 15.9 Å². The number of aryl methyl sites for hydroxylation is 1. The number of fused-ring (bicyclic) bond motifs is 2. The zero-order valence-electron chi connectivity index (χ0n) is 22.4. The van der Waals surface area contributed by atoms with Crippen molar-refractivity contribution < 1.29 is 23.5 Å². The lowest BCUT2D eigenvalue weighted by molar-refractivity contribution is -0.0504. The molecule has 5 rings (SSSR count). The van der Waals surface area contributed by atoms with E-state index in [1.54, 1.807) is 21.9 Å². The van der Waals surface area contributed by atoms with Crippen LogP contribution in [0.2, 0.25) is 0 Å². The van der Waals surface area contributed by atoms with Gasteiger partial charge in [-0.1, -0.05) is 18.2 Å². The first kappa shape index (κ1) is 26.2. The van der Waals surface area contributed by atoms with Crippen LogP contribution in [0.3, 0.4) is 0 Å². The molecular formula is C29H35FN4O4. The Morgan fingerprint density at radius 2 is 1.92 bits per heavy atom. The van der Waals surface area contributed by atoms with Crippen molar-refractivity contribution in [2.45, 2.75) is 70.7 Å². The number of ether oxygens (including phenoxy) is 2. The Morgan fingerprint density at radius 3 is 2.66 bits per heavy atom. The summed E-state index contributed by atoms with van der Waals surface area (Å²) in [6.45, 7) is 8.61. The summed E-state index contributed by atoms with van der Waals surface area (Å²) < 4.78 is 25.8. The van der Waals surface area contributed by atoms with Gasteiger partial charge in [0, 0.05) is 6.54 Å². The molecule has 2 heterocycles. The van der Waals surface area contributed by atoms with Gasteiger partial charge >= 0.3 is 6.09 Å². The normalized spacial score (nSPS) is 21.2. The molecule has 2 amide bonds. The number of imidazole rings is 1. The van der Waals surface area contributed by atoms with E-state index in [9.17, 15) is 14.0 Å². The van der Waals surface area contributed by atoms with E-state index >= 15 is 0 Å². The van der Waals surface area contributed by atoms with Gasteiger partial charge in [-0.2, -0.15) is 0 Å². The number of para-hydroxylation sites is 2. The Morgan fingerprint density at radius 1 is 1.16 bits per heavy atom. The molecule has 1 aliphatic carbocycles. The first-order valence-corrected chi connectivity index (χ1v) is 13.3. The van der Waals surface area contributed by atoms with Crippen LogP contribution in [0.5, 0.6) is 0 Å². The van der Waals surface area contributed by atoms with E-state index in [1.807, 2.05) is 52.0 Å². The van der Waals surface area contributed by atoms with Crippen LogP contribution in [-0.4, -0.2) is 69.2 Å². The van der Waals surface area contributed by atoms with Crippen LogP contribution in [0, 0.1) is 5.82 Å². The number of hydrogen-bond acceptors (Lipinski definition) is 5. The van der Waals surface area contributed by atoms with Gasteiger partial charge < -0.3 is 19.4 Å². The lowest BCUT2D eigenvalue weighted by atomic mass is 9.98. The Balaban J connectivity index is 1.41. The number of likely N-dealkylation sites (N-methyl/N-ethyl adjacent to an activating group) is 1. The van der Waals surface area contributed by atoms with Gasteiger partial charge in [0.2, 0.25) is 0 Å². The van der Waals surface area contributed by atoms with Crippen molar-refractivity contribution in [2.75, 3.05) is 19.8 Å². The number of aromatic amines is 1. The highest BCUT2D eigenvalue weighted by Gasteiger charge is 2.42. The Hall–Kier alpha value is -3.46. The monoisotopic (exact) mass is 522 g/mol. The molecule has 1 N–H and O–H groups in total. The molecule has 0 radical (unpaired) electrons. The molecule has 202 valence electrons. The molecule has 0 spiro atoms. The molecule has 0 saturated carbocycles. The zero-order chi connectivity index (χ0) is 27.0. The lowest BCUT2D eigenvalue weighted by Crippen LogP contribution is -2.55. The fraction of sp³-hybridized carbons (Fsp3) is 0.483. The molecule has 2 aromatic carbocycles. The lowest BCUT2D eigenvalue weighted by Gasteiger charge is -2.43. The van der Waals surface area contributed by atoms with E-state index in [0.717, 1.165) is 22.2 Å². The minimum Gasteiger partial charge on any atom is -0.444 e. The molecule has 3 atom stereocenters. The van der Waals surface area contributed by atoms with E-state index in [0.29, 0.717) is 39.0 Å². The molecule has 2 unspecified atom stereocenters. The molecule has 9 heteroatoms. The average molecular weight is 523 g/mol. The van der Waals surface area contributed by atoms with Crippen LogP contribution in [0.4, 0.5) is 9.18 Å². The van der Waals surface area contributed by atoms with E-state index < -0.39 is 11.7 Å². The molecule has 1 aromatic heterocycles. The van der Waals surface area contributed by atoms with Crippen molar-refractivity contribution in [1.29, 1.82) is 0 Å². The summed E-state index contributed by atoms with van der Waals surface area (Å²) in [7, 11) is 0. The first-order chi connectivity index (χ1) is 18.1. The third-order valence-electron chi connectivity index (χ3n) is 7.28. The number of hydrogen-bond donors (Lipinski definition) is 1. The smallest absolute Gasteiger partial charge is 0.411 e. The largest absolute Gasteiger partial charge is 0.444 e. The maximum atomic E-state index is 13.9. The van der Waals surface area contributed by atoms with Gasteiger partial charge in [-0.3, -0.25) is 9.69 Å². The summed E-state index contributed by atoms with van der Waals surface area (Å²) in [4.78, 5) is 38.3. The highest BCUT2D eigenvalue weighted by atomic mass is 19.1. The van der Waals surface area contributed by atoms with Crippen molar-refractivity contribution in [2.24, 2.45) is 0 Å². The predicted molar refractivity (Wildman–Crippen MR) is 141 cm³/mol. The number of nitrogens with zero attached hydrogens (tertiary/aromatic N) is 3. The molecule has 3 aromatic rings. The molecule has 0 bridgehead atoms. The van der Waals surface area contributed by atoms with E-state index in [4.69, 9.17) is 9.47 Å². The van der Waals surface area contributed by atoms with E-state index in [-0.39, 0.29) is 35.7 Å². The minimum atomic E-state index is -0.679. The number of rotatable bonds is 5. The van der Waals surface area contributed by atoms with Crippen molar-refractivity contribution in [3.63, 3.8) is 0 Å². The second-order valence-corrected chi connectivity index (χ2v) is 11.1. The molecule has 1 saturated heterocycles. The number of amides is 2. The van der Waals surface area contributed by atoms with Gasteiger partial charge in [-0.15, -0.1) is 0 Å². The summed E-state index contributed by atoms with van der Waals surface area (Å²) in [5, 5.41) is 0. The standard InChI is InChI=1S/C29H35FN4O4/c1-5-33(27(35)26-31-23-8-6-7-9-24(23)32-26)20-15-21(17-37-16-20)34(28(36)38-29(2,3)4)25-13-10-18-14-19(30)11-12-22(18)25/h6-9,11-12,14,20-21,25H,5,10,13,15-17H2,1-4H3,(H,31,32)/t20?,21?,25-/m1/s1. The second kappa shape index (κ2) is 10.4. The van der Waals surface area contributed by atoms with Crippen LogP contribution in [0.15, 0.2) is 42.5 Å².